The minimum atomic E-state index is -2.76. The van der Waals surface area contributed by atoms with E-state index in [1.54, 1.807) is 25.1 Å². The summed E-state index contributed by atoms with van der Waals surface area (Å²) in [5.74, 6) is 0.570. The van der Waals surface area contributed by atoms with Gasteiger partial charge in [-0.3, -0.25) is 0 Å². The molecule has 0 bridgehead atoms. The van der Waals surface area contributed by atoms with Gasteiger partial charge in [0.1, 0.15) is 2.74 Å². The number of hydrogen-bond acceptors (Lipinski definition) is 3. The zero-order chi connectivity index (χ0) is 16.8. The van der Waals surface area contributed by atoms with Crippen LogP contribution < -0.4 is 14.8 Å². The Hall–Kier alpha value is -0.930. The van der Waals surface area contributed by atoms with Crippen molar-refractivity contribution < 1.29 is 19.1 Å². The fourth-order valence-electron chi connectivity index (χ4n) is 1.48. The Morgan fingerprint density at radius 2 is 2.38 bits per heavy atom. The SMILES string of the molecule is Cl.[2H]C1([2H])Oc2ccc(C[C@H](C)NC([2H])([2H])C([2H])([2H])[2H])cc2O1. The highest BCUT2D eigenvalue weighted by Gasteiger charge is 2.13. The van der Waals surface area contributed by atoms with Crippen molar-refractivity contribution in [2.24, 2.45) is 0 Å². The van der Waals surface area contributed by atoms with E-state index >= 15 is 0 Å². The van der Waals surface area contributed by atoms with E-state index in [1.807, 2.05) is 0 Å². The van der Waals surface area contributed by atoms with Crippen LogP contribution in [-0.2, 0) is 6.42 Å². The van der Waals surface area contributed by atoms with E-state index in [4.69, 9.17) is 19.1 Å². The normalized spacial score (nSPS) is 25.7. The van der Waals surface area contributed by atoms with Crippen LogP contribution in [0.15, 0.2) is 18.2 Å². The highest BCUT2D eigenvalue weighted by Crippen LogP contribution is 2.32. The van der Waals surface area contributed by atoms with Crippen molar-refractivity contribution >= 4 is 12.4 Å². The number of hydrogen-bond donors (Lipinski definition) is 1. The number of fused-ring (bicyclic) bond motifs is 1. The molecule has 1 aromatic carbocycles. The average Bonchev–Trinajstić information content (AvgIpc) is 2.59. The lowest BCUT2D eigenvalue weighted by atomic mass is 10.1. The average molecular weight is 251 g/mol. The molecule has 0 spiro atoms. The van der Waals surface area contributed by atoms with Gasteiger partial charge in [-0.15, -0.1) is 12.4 Å². The molecule has 0 saturated heterocycles. The third-order valence-corrected chi connectivity index (χ3v) is 2.17. The van der Waals surface area contributed by atoms with Crippen LogP contribution in [0.2, 0.25) is 0 Å². The molecule has 0 aliphatic carbocycles. The molecule has 2 rings (SSSR count). The third kappa shape index (κ3) is 3.03. The van der Waals surface area contributed by atoms with E-state index in [9.17, 15) is 0 Å². The first kappa shape index (κ1) is 6.12. The summed E-state index contributed by atoms with van der Waals surface area (Å²) in [6.45, 7) is -5.76. The summed E-state index contributed by atoms with van der Waals surface area (Å²) in [5, 5.41) is 2.45. The lowest BCUT2D eigenvalue weighted by Crippen LogP contribution is -2.27. The lowest BCUT2D eigenvalue weighted by molar-refractivity contribution is 0.174. The highest BCUT2D eigenvalue weighted by atomic mass is 35.5. The van der Waals surface area contributed by atoms with Crippen LogP contribution in [0.5, 0.6) is 11.5 Å². The minimum absolute atomic E-state index is 0. The van der Waals surface area contributed by atoms with Gasteiger partial charge in [0.15, 0.2) is 11.5 Å². The van der Waals surface area contributed by atoms with Gasteiger partial charge < -0.3 is 14.8 Å². The molecular formula is C12H18ClNO2. The van der Waals surface area contributed by atoms with Crippen molar-refractivity contribution in [2.45, 2.75) is 26.2 Å². The summed E-state index contributed by atoms with van der Waals surface area (Å²) in [6, 6.07) is 4.43. The van der Waals surface area contributed by atoms with Crippen molar-refractivity contribution in [2.75, 3.05) is 13.2 Å². The quantitative estimate of drug-likeness (QED) is 0.890. The molecular weight excluding hydrogens is 226 g/mol. The van der Waals surface area contributed by atoms with Crippen LogP contribution in [-0.4, -0.2) is 19.3 Å². The molecule has 0 saturated carbocycles. The standard InChI is InChI=1S/C12H17NO2.ClH/c1-3-13-9(2)6-10-4-5-11-12(7-10)15-8-14-11;/h4-5,7,9,13H,3,6,8H2,1-2H3;1H/t9-;/m0./s1/i1D3,3D2,8D2;. The second kappa shape index (κ2) is 5.97. The minimum Gasteiger partial charge on any atom is -0.454 e. The van der Waals surface area contributed by atoms with E-state index in [0.29, 0.717) is 12.2 Å². The summed E-state index contributed by atoms with van der Waals surface area (Å²) in [7, 11) is 0. The van der Waals surface area contributed by atoms with E-state index in [1.165, 1.54) is 0 Å². The largest absolute Gasteiger partial charge is 0.454 e. The van der Waals surface area contributed by atoms with Crippen LogP contribution in [0.1, 0.15) is 28.9 Å². The first-order valence-electron chi connectivity index (χ1n) is 8.18. The Bertz CT molecular complexity index is 565. The van der Waals surface area contributed by atoms with Crippen molar-refractivity contribution in [1.29, 1.82) is 0 Å². The van der Waals surface area contributed by atoms with E-state index in [2.05, 4.69) is 5.32 Å². The fraction of sp³-hybridized carbons (Fsp3) is 0.500. The fourth-order valence-corrected chi connectivity index (χ4v) is 1.48. The number of halogens is 1. The summed E-state index contributed by atoms with van der Waals surface area (Å²) < 4.78 is 61.3. The molecule has 90 valence electrons. The second-order valence-corrected chi connectivity index (χ2v) is 3.44. The molecule has 4 heteroatoms. The van der Waals surface area contributed by atoms with Gasteiger partial charge in [0.05, 0.1) is 0 Å². The maximum Gasteiger partial charge on any atom is 0.231 e. The number of nitrogens with one attached hydrogen (secondary N) is 1. The number of ether oxygens (including phenoxy) is 2. The van der Waals surface area contributed by atoms with Crippen molar-refractivity contribution in [1.82, 2.24) is 5.32 Å². The van der Waals surface area contributed by atoms with Gasteiger partial charge in [-0.2, -0.15) is 0 Å². The van der Waals surface area contributed by atoms with Gasteiger partial charge in [-0.25, -0.2) is 0 Å². The Morgan fingerprint density at radius 3 is 3.19 bits per heavy atom. The molecule has 1 aromatic rings. The molecule has 16 heavy (non-hydrogen) atoms. The first-order chi connectivity index (χ1) is 9.90. The Labute approximate surface area is 112 Å². The molecule has 1 aliphatic rings. The summed E-state index contributed by atoms with van der Waals surface area (Å²) >= 11 is 0. The topological polar surface area (TPSA) is 30.5 Å². The smallest absolute Gasteiger partial charge is 0.231 e. The highest BCUT2D eigenvalue weighted by molar-refractivity contribution is 5.85. The van der Waals surface area contributed by atoms with Crippen LogP contribution >= 0.6 is 12.4 Å². The zero-order valence-corrected chi connectivity index (χ0v) is 9.56. The number of rotatable bonds is 4. The molecule has 1 N–H and O–H groups in total. The first-order valence-corrected chi connectivity index (χ1v) is 4.68. The molecule has 0 radical (unpaired) electrons. The Kier molecular flexibility index (Phi) is 2.28. The van der Waals surface area contributed by atoms with E-state index in [-0.39, 0.29) is 18.2 Å². The number of likely N-dealkylation sites (N-methyl/N-ethyl adjacent to an activating group) is 1. The summed E-state index contributed by atoms with van der Waals surface area (Å²) in [4.78, 5) is 0. The second-order valence-electron chi connectivity index (χ2n) is 3.44. The van der Waals surface area contributed by atoms with Crippen molar-refractivity contribution in [3.8, 4) is 11.5 Å². The molecule has 3 nitrogen and oxygen atoms in total. The summed E-state index contributed by atoms with van der Waals surface area (Å²) in [6.07, 6.45) is 0.356. The van der Waals surface area contributed by atoms with Gasteiger partial charge in [-0.1, -0.05) is 12.9 Å². The van der Waals surface area contributed by atoms with Gasteiger partial charge >= 0.3 is 0 Å². The van der Waals surface area contributed by atoms with Gasteiger partial charge in [0.25, 0.3) is 0 Å². The van der Waals surface area contributed by atoms with E-state index < -0.39 is 26.1 Å². The Morgan fingerprint density at radius 1 is 1.56 bits per heavy atom. The molecule has 1 atom stereocenters. The number of benzene rings is 1. The maximum absolute atomic E-state index is 7.55. The van der Waals surface area contributed by atoms with Crippen molar-refractivity contribution in [3.63, 3.8) is 0 Å². The maximum atomic E-state index is 7.55. The van der Waals surface area contributed by atoms with Crippen LogP contribution in [0.25, 0.3) is 0 Å². The van der Waals surface area contributed by atoms with Crippen LogP contribution in [0.3, 0.4) is 0 Å². The van der Waals surface area contributed by atoms with Crippen LogP contribution in [0, 0.1) is 0 Å². The van der Waals surface area contributed by atoms with E-state index in [0.717, 1.165) is 5.56 Å². The predicted octanol–water partition coefficient (Wildman–Crippen LogP) is 2.38. The monoisotopic (exact) mass is 250 g/mol. The van der Waals surface area contributed by atoms with Gasteiger partial charge in [0, 0.05) is 12.9 Å². The lowest BCUT2D eigenvalue weighted by Gasteiger charge is -2.12. The van der Waals surface area contributed by atoms with Gasteiger partial charge in [-0.05, 0) is 37.5 Å². The summed E-state index contributed by atoms with van der Waals surface area (Å²) in [5.41, 5.74) is 0.751. The molecule has 0 amide bonds. The third-order valence-electron chi connectivity index (χ3n) is 2.17. The molecule has 0 fully saturated rings. The van der Waals surface area contributed by atoms with Crippen LogP contribution in [0.4, 0.5) is 0 Å². The van der Waals surface area contributed by atoms with Crippen molar-refractivity contribution in [3.05, 3.63) is 23.8 Å². The molecule has 1 heterocycles. The molecule has 1 aliphatic heterocycles. The Balaban J connectivity index is 0.00000264. The predicted molar refractivity (Wildman–Crippen MR) is 66.7 cm³/mol. The van der Waals surface area contributed by atoms with Gasteiger partial charge in [0.2, 0.25) is 6.75 Å². The zero-order valence-electron chi connectivity index (χ0n) is 15.7. The molecule has 0 aromatic heterocycles. The molecule has 0 unspecified atom stereocenters.